The van der Waals surface area contributed by atoms with Gasteiger partial charge in [-0.3, -0.25) is 43.9 Å². The molecule has 4 aromatic rings. The van der Waals surface area contributed by atoms with Crippen LogP contribution in [0, 0.1) is 11.8 Å². The predicted molar refractivity (Wildman–Crippen MR) is 205 cm³/mol. The van der Waals surface area contributed by atoms with Crippen molar-refractivity contribution in [1.29, 1.82) is 0 Å². The van der Waals surface area contributed by atoms with Crippen LogP contribution in [0.15, 0.2) is 54.7 Å². The number of hydrogen-bond acceptors (Lipinski definition) is 10. The monoisotopic (exact) mass is 755 g/mol. The van der Waals surface area contributed by atoms with Crippen molar-refractivity contribution in [1.82, 2.24) is 39.5 Å². The lowest BCUT2D eigenvalue weighted by atomic mass is 10.0. The van der Waals surface area contributed by atoms with E-state index in [-0.39, 0.29) is 41.8 Å². The highest BCUT2D eigenvalue weighted by Gasteiger charge is 2.44. The Bertz CT molecular complexity index is 2340. The van der Waals surface area contributed by atoms with E-state index in [4.69, 9.17) is 4.98 Å². The van der Waals surface area contributed by atoms with Gasteiger partial charge in [-0.25, -0.2) is 4.98 Å². The van der Waals surface area contributed by atoms with Gasteiger partial charge in [-0.2, -0.15) is 4.98 Å². The molecule has 56 heavy (non-hydrogen) atoms. The SMILES string of the molecule is CN(C)C(=O)c1cc2cnc(Nc3ccc(C(=O)N4CCN(CC#Cc5ccc6c(c5)C(=O)N(C5CCC(=O)NC5=O)C6=O)CC4)cc3)nc2n1C1CCCC1. The number of rotatable bonds is 7. The quantitative estimate of drug-likeness (QED) is 0.211. The number of benzene rings is 2. The zero-order valence-corrected chi connectivity index (χ0v) is 31.2. The first-order valence-electron chi connectivity index (χ1n) is 18.9. The van der Waals surface area contributed by atoms with E-state index in [1.807, 2.05) is 23.1 Å². The second-order valence-corrected chi connectivity index (χ2v) is 14.8. The summed E-state index contributed by atoms with van der Waals surface area (Å²) in [4.78, 5) is 92.3. The van der Waals surface area contributed by atoms with Crippen LogP contribution in [0.4, 0.5) is 11.6 Å². The summed E-state index contributed by atoms with van der Waals surface area (Å²) < 4.78 is 2.08. The van der Waals surface area contributed by atoms with E-state index < -0.39 is 29.7 Å². The number of piperazine rings is 1. The predicted octanol–water partition coefficient (Wildman–Crippen LogP) is 3.20. The highest BCUT2D eigenvalue weighted by atomic mass is 16.2. The molecule has 1 unspecified atom stereocenters. The molecule has 6 amide bonds. The lowest BCUT2D eigenvalue weighted by molar-refractivity contribution is -0.136. The normalized spacial score (nSPS) is 18.9. The first kappa shape index (κ1) is 36.6. The van der Waals surface area contributed by atoms with Gasteiger partial charge in [0, 0.05) is 81.1 Å². The van der Waals surface area contributed by atoms with Crippen molar-refractivity contribution >= 4 is 58.1 Å². The number of nitrogens with one attached hydrogen (secondary N) is 2. The van der Waals surface area contributed by atoms with Gasteiger partial charge in [-0.05, 0) is 67.8 Å². The third-order valence-electron chi connectivity index (χ3n) is 10.9. The Morgan fingerprint density at radius 3 is 2.36 bits per heavy atom. The molecule has 2 aromatic carbocycles. The second-order valence-electron chi connectivity index (χ2n) is 14.8. The Morgan fingerprint density at radius 1 is 0.911 bits per heavy atom. The molecule has 0 bridgehead atoms. The molecular weight excluding hydrogens is 715 g/mol. The summed E-state index contributed by atoms with van der Waals surface area (Å²) in [7, 11) is 3.50. The van der Waals surface area contributed by atoms with E-state index in [9.17, 15) is 28.8 Å². The maximum atomic E-state index is 13.4. The summed E-state index contributed by atoms with van der Waals surface area (Å²) in [6.07, 6.45) is 6.15. The molecule has 1 aliphatic carbocycles. The molecule has 15 heteroatoms. The maximum Gasteiger partial charge on any atom is 0.270 e. The van der Waals surface area contributed by atoms with Crippen LogP contribution in [-0.2, 0) is 9.59 Å². The number of anilines is 2. The van der Waals surface area contributed by atoms with E-state index in [1.165, 1.54) is 0 Å². The number of amides is 6. The Labute approximate surface area is 323 Å². The Hall–Kier alpha value is -6.40. The van der Waals surface area contributed by atoms with Crippen LogP contribution in [0.1, 0.15) is 91.7 Å². The molecule has 286 valence electrons. The fourth-order valence-corrected chi connectivity index (χ4v) is 7.91. The van der Waals surface area contributed by atoms with Gasteiger partial charge in [0.15, 0.2) is 0 Å². The third kappa shape index (κ3) is 6.99. The van der Waals surface area contributed by atoms with Crippen LogP contribution in [0.25, 0.3) is 11.0 Å². The van der Waals surface area contributed by atoms with Gasteiger partial charge in [0.05, 0.1) is 17.7 Å². The molecule has 2 aromatic heterocycles. The van der Waals surface area contributed by atoms with Crippen LogP contribution in [0.5, 0.6) is 0 Å². The second kappa shape index (κ2) is 15.0. The first-order chi connectivity index (χ1) is 27.0. The number of hydrogen-bond donors (Lipinski definition) is 2. The summed E-state index contributed by atoms with van der Waals surface area (Å²) in [6, 6.07) is 13.1. The molecule has 1 saturated carbocycles. The van der Waals surface area contributed by atoms with Crippen molar-refractivity contribution < 1.29 is 28.8 Å². The fraction of sp³-hybridized carbons (Fsp3) is 0.366. The zero-order valence-electron chi connectivity index (χ0n) is 31.2. The number of carbonyl (C=O) groups excluding carboxylic acids is 6. The number of imide groups is 2. The van der Waals surface area contributed by atoms with Gasteiger partial charge in [0.1, 0.15) is 17.4 Å². The van der Waals surface area contributed by atoms with Crippen molar-refractivity contribution in [2.45, 2.75) is 50.6 Å². The van der Waals surface area contributed by atoms with Gasteiger partial charge >= 0.3 is 0 Å². The molecule has 2 N–H and O–H groups in total. The fourth-order valence-electron chi connectivity index (χ4n) is 7.91. The minimum absolute atomic E-state index is 0.0591. The van der Waals surface area contributed by atoms with Crippen molar-refractivity contribution in [2.75, 3.05) is 52.1 Å². The van der Waals surface area contributed by atoms with Gasteiger partial charge < -0.3 is 19.7 Å². The number of fused-ring (bicyclic) bond motifs is 2. The number of nitrogens with zero attached hydrogens (tertiary/aromatic N) is 7. The van der Waals surface area contributed by atoms with Crippen molar-refractivity contribution in [3.63, 3.8) is 0 Å². The lowest BCUT2D eigenvalue weighted by Gasteiger charge is -2.33. The smallest absolute Gasteiger partial charge is 0.270 e. The van der Waals surface area contributed by atoms with Crippen LogP contribution >= 0.6 is 0 Å². The summed E-state index contributed by atoms with van der Waals surface area (Å²) in [5, 5.41) is 6.28. The summed E-state index contributed by atoms with van der Waals surface area (Å²) >= 11 is 0. The molecular formula is C41H41N9O6. The molecule has 0 spiro atoms. The van der Waals surface area contributed by atoms with Crippen LogP contribution in [0.2, 0.25) is 0 Å². The molecule has 0 radical (unpaired) electrons. The van der Waals surface area contributed by atoms with E-state index in [0.29, 0.717) is 55.5 Å². The highest BCUT2D eigenvalue weighted by Crippen LogP contribution is 2.35. The minimum atomic E-state index is -1.02. The van der Waals surface area contributed by atoms with Crippen molar-refractivity contribution in [3.05, 3.63) is 82.7 Å². The molecule has 1 atom stereocenters. The molecule has 8 rings (SSSR count). The lowest BCUT2D eigenvalue weighted by Crippen LogP contribution is -2.54. The van der Waals surface area contributed by atoms with Crippen LogP contribution in [0.3, 0.4) is 0 Å². The minimum Gasteiger partial charge on any atom is -0.343 e. The van der Waals surface area contributed by atoms with E-state index in [0.717, 1.165) is 47.3 Å². The molecule has 4 aliphatic rings. The summed E-state index contributed by atoms with van der Waals surface area (Å²) in [6.45, 7) is 2.82. The Kier molecular flexibility index (Phi) is 9.81. The van der Waals surface area contributed by atoms with E-state index >= 15 is 0 Å². The Balaban J connectivity index is 0.855. The third-order valence-corrected chi connectivity index (χ3v) is 10.9. The van der Waals surface area contributed by atoms with Gasteiger partial charge in [0.25, 0.3) is 23.6 Å². The van der Waals surface area contributed by atoms with Crippen molar-refractivity contribution in [2.24, 2.45) is 0 Å². The maximum absolute atomic E-state index is 13.4. The van der Waals surface area contributed by atoms with E-state index in [2.05, 4.69) is 36.9 Å². The Morgan fingerprint density at radius 2 is 1.64 bits per heavy atom. The van der Waals surface area contributed by atoms with Gasteiger partial charge in [-0.1, -0.05) is 24.7 Å². The average molecular weight is 756 g/mol. The average Bonchev–Trinajstić information content (AvgIpc) is 3.92. The van der Waals surface area contributed by atoms with Gasteiger partial charge in [0.2, 0.25) is 17.8 Å². The van der Waals surface area contributed by atoms with Crippen LogP contribution < -0.4 is 10.6 Å². The topological polar surface area (TPSA) is 170 Å². The molecule has 2 saturated heterocycles. The first-order valence-corrected chi connectivity index (χ1v) is 18.9. The number of carbonyl (C=O) groups is 6. The molecule has 3 aliphatic heterocycles. The molecule has 15 nitrogen and oxygen atoms in total. The van der Waals surface area contributed by atoms with Gasteiger partial charge in [-0.15, -0.1) is 0 Å². The summed E-state index contributed by atoms with van der Waals surface area (Å²) in [5.74, 6) is 4.31. The molecule has 3 fully saturated rings. The summed E-state index contributed by atoms with van der Waals surface area (Å²) in [5.41, 5.74) is 3.63. The van der Waals surface area contributed by atoms with E-state index in [1.54, 1.807) is 55.5 Å². The largest absolute Gasteiger partial charge is 0.343 e. The molecule has 5 heterocycles. The van der Waals surface area contributed by atoms with Crippen LogP contribution in [-0.4, -0.2) is 122 Å². The van der Waals surface area contributed by atoms with Crippen molar-refractivity contribution in [3.8, 4) is 11.8 Å². The number of aromatic nitrogens is 3. The number of piperidine rings is 1. The highest BCUT2D eigenvalue weighted by molar-refractivity contribution is 6.23. The standard InChI is InChI=1S/C41H41N9O6/c1-46(2)40(56)33-23-27-24-42-41(45-35(27)49(33)29-7-3-4-8-29)43-28-12-10-26(11-13-28)37(53)48-20-18-47(19-21-48)17-5-6-25-9-14-30-31(22-25)39(55)50(38(30)54)32-15-16-34(51)44-36(32)52/h9-14,22-24,29,32H,3-4,7-8,15-21H2,1-2H3,(H,42,43,45)(H,44,51,52). The zero-order chi connectivity index (χ0) is 39.1.